The molecule has 0 bridgehead atoms. The minimum Gasteiger partial charge on any atom is -0.481 e. The molecule has 0 aliphatic carbocycles. The molecule has 2 aromatic rings. The summed E-state index contributed by atoms with van der Waals surface area (Å²) in [5, 5.41) is 11.5. The second-order valence-corrected chi connectivity index (χ2v) is 4.95. The minimum absolute atomic E-state index is 0.0728. The van der Waals surface area contributed by atoms with Gasteiger partial charge in [0.15, 0.2) is 0 Å². The number of carbonyl (C=O) groups excluding carboxylic acids is 1. The highest BCUT2D eigenvalue weighted by molar-refractivity contribution is 6.30. The molecule has 2 rings (SSSR count). The van der Waals surface area contributed by atoms with Crippen molar-refractivity contribution in [1.29, 1.82) is 0 Å². The number of carboxylic acids is 1. The Hall–Kier alpha value is -2.47. The summed E-state index contributed by atoms with van der Waals surface area (Å²) in [6, 6.07) is 6.15. The average molecular weight is 323 g/mol. The van der Waals surface area contributed by atoms with Gasteiger partial charge in [-0.05, 0) is 29.8 Å². The van der Waals surface area contributed by atoms with Crippen molar-refractivity contribution in [1.82, 2.24) is 10.3 Å². The van der Waals surface area contributed by atoms with E-state index in [1.54, 1.807) is 12.1 Å². The number of benzene rings is 1. The van der Waals surface area contributed by atoms with Crippen LogP contribution in [0.3, 0.4) is 0 Å². The summed E-state index contributed by atoms with van der Waals surface area (Å²) in [4.78, 5) is 26.9. The lowest BCUT2D eigenvalue weighted by Crippen LogP contribution is -2.30. The van der Waals surface area contributed by atoms with Crippen molar-refractivity contribution < 1.29 is 19.1 Å². The van der Waals surface area contributed by atoms with Crippen LogP contribution in [0.2, 0.25) is 5.02 Å². The number of hydrogen-bond acceptors (Lipinski definition) is 3. The Bertz CT molecular complexity index is 694. The lowest BCUT2D eigenvalue weighted by atomic mass is 10.0. The first kappa shape index (κ1) is 15.9. The zero-order valence-corrected chi connectivity index (χ0v) is 12.0. The summed E-state index contributed by atoms with van der Waals surface area (Å²) in [7, 11) is 0. The lowest BCUT2D eigenvalue weighted by Gasteiger charge is -2.17. The Morgan fingerprint density at radius 1 is 1.36 bits per heavy atom. The molecular formula is C15H12ClFN2O3. The van der Waals surface area contributed by atoms with Crippen molar-refractivity contribution in [3.05, 3.63) is 64.7 Å². The van der Waals surface area contributed by atoms with Gasteiger partial charge in [0, 0.05) is 12.4 Å². The van der Waals surface area contributed by atoms with E-state index < -0.39 is 23.7 Å². The molecule has 1 amide bonds. The van der Waals surface area contributed by atoms with Crippen LogP contribution in [0.4, 0.5) is 4.39 Å². The van der Waals surface area contributed by atoms with Gasteiger partial charge in [0.05, 0.1) is 23.0 Å². The van der Waals surface area contributed by atoms with Crippen molar-refractivity contribution in [2.24, 2.45) is 0 Å². The highest BCUT2D eigenvalue weighted by Crippen LogP contribution is 2.23. The number of amides is 1. The van der Waals surface area contributed by atoms with Gasteiger partial charge in [-0.15, -0.1) is 0 Å². The molecule has 0 saturated heterocycles. The van der Waals surface area contributed by atoms with Crippen LogP contribution in [0.25, 0.3) is 0 Å². The quantitative estimate of drug-likeness (QED) is 0.887. The number of carbonyl (C=O) groups is 2. The van der Waals surface area contributed by atoms with E-state index in [2.05, 4.69) is 10.3 Å². The van der Waals surface area contributed by atoms with Crippen LogP contribution >= 0.6 is 11.6 Å². The van der Waals surface area contributed by atoms with Crippen LogP contribution in [-0.2, 0) is 4.79 Å². The van der Waals surface area contributed by atoms with Crippen molar-refractivity contribution in [2.75, 3.05) is 0 Å². The molecule has 0 unspecified atom stereocenters. The largest absolute Gasteiger partial charge is 0.481 e. The van der Waals surface area contributed by atoms with Gasteiger partial charge in [-0.25, -0.2) is 4.39 Å². The van der Waals surface area contributed by atoms with E-state index in [1.807, 2.05) is 0 Å². The van der Waals surface area contributed by atoms with E-state index in [1.165, 1.54) is 24.5 Å². The molecule has 0 saturated carbocycles. The van der Waals surface area contributed by atoms with Crippen molar-refractivity contribution in [2.45, 2.75) is 12.5 Å². The smallest absolute Gasteiger partial charge is 0.305 e. The number of nitrogens with one attached hydrogen (secondary N) is 1. The highest BCUT2D eigenvalue weighted by Gasteiger charge is 2.20. The van der Waals surface area contributed by atoms with Crippen LogP contribution in [0, 0.1) is 5.82 Å². The number of aromatic nitrogens is 1. The van der Waals surface area contributed by atoms with Crippen LogP contribution in [-0.4, -0.2) is 22.0 Å². The first-order valence-electron chi connectivity index (χ1n) is 6.35. The molecule has 22 heavy (non-hydrogen) atoms. The summed E-state index contributed by atoms with van der Waals surface area (Å²) < 4.78 is 13.5. The molecule has 1 atom stereocenters. The van der Waals surface area contributed by atoms with Crippen molar-refractivity contribution in [3.63, 3.8) is 0 Å². The predicted molar refractivity (Wildman–Crippen MR) is 78.1 cm³/mol. The Labute approximate surface area is 130 Å². The van der Waals surface area contributed by atoms with Crippen LogP contribution in [0.15, 0.2) is 42.7 Å². The molecule has 5 nitrogen and oxygen atoms in total. The molecule has 0 aliphatic rings. The molecule has 1 aromatic carbocycles. The van der Waals surface area contributed by atoms with Crippen LogP contribution in [0.1, 0.15) is 28.4 Å². The lowest BCUT2D eigenvalue weighted by molar-refractivity contribution is -0.137. The molecule has 1 heterocycles. The van der Waals surface area contributed by atoms with E-state index in [4.69, 9.17) is 16.7 Å². The Morgan fingerprint density at radius 3 is 2.73 bits per heavy atom. The summed E-state index contributed by atoms with van der Waals surface area (Å²) in [6.45, 7) is 0. The second kappa shape index (κ2) is 7.00. The van der Waals surface area contributed by atoms with E-state index in [9.17, 15) is 14.0 Å². The zero-order valence-electron chi connectivity index (χ0n) is 11.3. The van der Waals surface area contributed by atoms with Crippen molar-refractivity contribution in [3.8, 4) is 0 Å². The zero-order chi connectivity index (χ0) is 16.1. The number of hydrogen-bond donors (Lipinski definition) is 2. The van der Waals surface area contributed by atoms with Gasteiger partial charge < -0.3 is 10.4 Å². The van der Waals surface area contributed by atoms with E-state index in [-0.39, 0.29) is 17.0 Å². The topological polar surface area (TPSA) is 79.3 Å². The molecule has 114 valence electrons. The fourth-order valence-corrected chi connectivity index (χ4v) is 2.01. The van der Waals surface area contributed by atoms with Gasteiger partial charge in [0.25, 0.3) is 5.91 Å². The standard InChI is InChI=1S/C15H12ClFN2O3/c16-11-4-3-9(6-12(11)17)13(7-14(20)21)19-15(22)10-2-1-5-18-8-10/h1-6,8,13H,7H2,(H,19,22)(H,20,21)/t13-/m1/s1. The molecule has 0 spiro atoms. The Balaban J connectivity index is 2.24. The predicted octanol–water partition coefficient (Wildman–Crippen LogP) is 2.82. The fraction of sp³-hybridized carbons (Fsp3) is 0.133. The molecule has 1 aromatic heterocycles. The highest BCUT2D eigenvalue weighted by atomic mass is 35.5. The summed E-state index contributed by atoms with van der Waals surface area (Å²) >= 11 is 5.61. The molecule has 0 fully saturated rings. The van der Waals surface area contributed by atoms with Gasteiger partial charge in [-0.2, -0.15) is 0 Å². The SMILES string of the molecule is O=C(O)C[C@@H](NC(=O)c1cccnc1)c1ccc(Cl)c(F)c1. The average Bonchev–Trinajstić information content (AvgIpc) is 2.49. The maximum absolute atomic E-state index is 13.5. The maximum Gasteiger partial charge on any atom is 0.305 e. The van der Waals surface area contributed by atoms with Crippen LogP contribution in [0.5, 0.6) is 0 Å². The summed E-state index contributed by atoms with van der Waals surface area (Å²) in [6.07, 6.45) is 2.49. The van der Waals surface area contributed by atoms with Gasteiger partial charge in [-0.1, -0.05) is 17.7 Å². The summed E-state index contributed by atoms with van der Waals surface area (Å²) in [5.41, 5.74) is 0.605. The van der Waals surface area contributed by atoms with Gasteiger partial charge in [0.2, 0.25) is 0 Å². The van der Waals surface area contributed by atoms with Crippen LogP contribution < -0.4 is 5.32 Å². The third kappa shape index (κ3) is 4.02. The van der Waals surface area contributed by atoms with Crippen molar-refractivity contribution >= 4 is 23.5 Å². The molecule has 0 radical (unpaired) electrons. The first-order valence-corrected chi connectivity index (χ1v) is 6.73. The number of rotatable bonds is 5. The second-order valence-electron chi connectivity index (χ2n) is 4.54. The third-order valence-electron chi connectivity index (χ3n) is 2.95. The Morgan fingerprint density at radius 2 is 2.14 bits per heavy atom. The number of pyridine rings is 1. The molecule has 7 heteroatoms. The minimum atomic E-state index is -1.12. The maximum atomic E-state index is 13.5. The third-order valence-corrected chi connectivity index (χ3v) is 3.26. The van der Waals surface area contributed by atoms with Gasteiger partial charge in [0.1, 0.15) is 5.82 Å². The van der Waals surface area contributed by atoms with E-state index in [0.717, 1.165) is 6.07 Å². The Kier molecular flexibility index (Phi) is 5.06. The van der Waals surface area contributed by atoms with E-state index >= 15 is 0 Å². The fourth-order valence-electron chi connectivity index (χ4n) is 1.89. The van der Waals surface area contributed by atoms with E-state index in [0.29, 0.717) is 5.56 Å². The molecule has 0 aliphatic heterocycles. The number of nitrogens with zero attached hydrogens (tertiary/aromatic N) is 1. The monoisotopic (exact) mass is 322 g/mol. The first-order chi connectivity index (χ1) is 10.5. The number of carboxylic acid groups (broad SMARTS) is 1. The van der Waals surface area contributed by atoms with Gasteiger partial charge >= 0.3 is 5.97 Å². The summed E-state index contributed by atoms with van der Waals surface area (Å²) in [5.74, 6) is -2.29. The number of aliphatic carboxylic acids is 1. The van der Waals surface area contributed by atoms with Gasteiger partial charge in [-0.3, -0.25) is 14.6 Å². The number of halogens is 2. The normalized spacial score (nSPS) is 11.7. The molecular weight excluding hydrogens is 311 g/mol. The molecule has 2 N–H and O–H groups in total.